The van der Waals surface area contributed by atoms with E-state index in [2.05, 4.69) is 9.46 Å². The molecule has 0 atom stereocenters. The van der Waals surface area contributed by atoms with Gasteiger partial charge in [0.05, 0.1) is 11.5 Å². The zero-order valence-corrected chi connectivity index (χ0v) is 12.4. The molecule has 0 aliphatic rings. The van der Waals surface area contributed by atoms with Crippen molar-refractivity contribution >= 4 is 15.7 Å². The van der Waals surface area contributed by atoms with Crippen molar-refractivity contribution in [3.8, 4) is 0 Å². The summed E-state index contributed by atoms with van der Waals surface area (Å²) in [5, 5.41) is 0. The Morgan fingerprint density at radius 1 is 1.29 bits per heavy atom. The Balaban J connectivity index is 2.67. The summed E-state index contributed by atoms with van der Waals surface area (Å²) >= 11 is 0. The molecule has 1 aromatic rings. The van der Waals surface area contributed by atoms with Gasteiger partial charge >= 0.3 is 6.18 Å². The van der Waals surface area contributed by atoms with Crippen molar-refractivity contribution in [1.29, 1.82) is 0 Å². The van der Waals surface area contributed by atoms with Crippen LogP contribution in [-0.2, 0) is 14.8 Å². The fourth-order valence-electron chi connectivity index (χ4n) is 1.65. The highest BCUT2D eigenvalue weighted by Crippen LogP contribution is 2.22. The number of nitrogen functional groups attached to an aromatic ring is 1. The molecule has 0 radical (unpaired) electrons. The van der Waals surface area contributed by atoms with Gasteiger partial charge in [-0.2, -0.15) is 13.2 Å². The van der Waals surface area contributed by atoms with Crippen LogP contribution < -0.4 is 10.5 Å². The molecule has 0 amide bonds. The van der Waals surface area contributed by atoms with E-state index in [1.807, 2.05) is 0 Å². The number of benzene rings is 1. The molecule has 0 aliphatic heterocycles. The van der Waals surface area contributed by atoms with Crippen molar-refractivity contribution in [2.24, 2.45) is 0 Å². The molecule has 21 heavy (non-hydrogen) atoms. The molecule has 3 N–H and O–H groups in total. The van der Waals surface area contributed by atoms with Gasteiger partial charge in [-0.3, -0.25) is 0 Å². The minimum Gasteiger partial charge on any atom is -0.399 e. The Kier molecular flexibility index (Phi) is 5.60. The summed E-state index contributed by atoms with van der Waals surface area (Å²) in [6.07, 6.45) is -4.43. The number of hydrogen-bond donors (Lipinski definition) is 2. The maximum Gasteiger partial charge on any atom is 0.411 e. The monoisotopic (exact) mass is 326 g/mol. The highest BCUT2D eigenvalue weighted by Gasteiger charge is 2.27. The van der Waals surface area contributed by atoms with E-state index >= 15 is 0 Å². The Labute approximate surface area is 121 Å². The maximum absolute atomic E-state index is 12.1. The molecule has 1 aromatic carbocycles. The maximum atomic E-state index is 12.1. The summed E-state index contributed by atoms with van der Waals surface area (Å²) < 4.78 is 66.2. The number of rotatable bonds is 6. The van der Waals surface area contributed by atoms with E-state index in [1.54, 1.807) is 19.9 Å². The molecule has 0 bridgehead atoms. The molecule has 120 valence electrons. The molecular formula is C12H17F3N2O3S. The van der Waals surface area contributed by atoms with Crippen LogP contribution in [0.4, 0.5) is 18.9 Å². The van der Waals surface area contributed by atoms with Crippen LogP contribution in [0, 0.1) is 13.8 Å². The Morgan fingerprint density at radius 3 is 2.48 bits per heavy atom. The predicted octanol–water partition coefficient (Wildman–Crippen LogP) is 1.74. The first kappa shape index (κ1) is 17.7. The minimum absolute atomic E-state index is 0.0100. The number of alkyl halides is 3. The topological polar surface area (TPSA) is 81.4 Å². The van der Waals surface area contributed by atoms with E-state index in [0.29, 0.717) is 16.8 Å². The van der Waals surface area contributed by atoms with Crippen LogP contribution in [0.5, 0.6) is 0 Å². The number of nitrogens with two attached hydrogens (primary N) is 1. The average Bonchev–Trinajstić information content (AvgIpc) is 2.31. The van der Waals surface area contributed by atoms with Crippen LogP contribution in [0.1, 0.15) is 11.1 Å². The number of anilines is 1. The van der Waals surface area contributed by atoms with E-state index in [1.165, 1.54) is 6.07 Å². The summed E-state index contributed by atoms with van der Waals surface area (Å²) in [5.74, 6) is 0. The second-order valence-electron chi connectivity index (χ2n) is 4.53. The second kappa shape index (κ2) is 6.63. The van der Waals surface area contributed by atoms with Crippen molar-refractivity contribution in [1.82, 2.24) is 4.72 Å². The van der Waals surface area contributed by atoms with Crippen molar-refractivity contribution in [2.45, 2.75) is 24.9 Å². The summed E-state index contributed by atoms with van der Waals surface area (Å²) in [6.45, 7) is 1.30. The van der Waals surface area contributed by atoms with Gasteiger partial charge in [0.2, 0.25) is 10.0 Å². The van der Waals surface area contributed by atoms with Crippen molar-refractivity contribution in [3.63, 3.8) is 0 Å². The number of hydrogen-bond acceptors (Lipinski definition) is 4. The fourth-order valence-corrected chi connectivity index (χ4v) is 3.01. The van der Waals surface area contributed by atoms with Gasteiger partial charge in [0, 0.05) is 12.2 Å². The lowest BCUT2D eigenvalue weighted by atomic mass is 10.1. The molecule has 1 rings (SSSR count). The molecule has 0 saturated carbocycles. The molecule has 0 fully saturated rings. The highest BCUT2D eigenvalue weighted by atomic mass is 32.2. The van der Waals surface area contributed by atoms with Crippen molar-refractivity contribution < 1.29 is 26.3 Å². The smallest absolute Gasteiger partial charge is 0.399 e. The van der Waals surface area contributed by atoms with E-state index in [4.69, 9.17) is 5.73 Å². The normalized spacial score (nSPS) is 12.6. The van der Waals surface area contributed by atoms with Gasteiger partial charge in [-0.15, -0.1) is 0 Å². The molecule has 5 nitrogen and oxygen atoms in total. The van der Waals surface area contributed by atoms with Gasteiger partial charge in [-0.05, 0) is 37.1 Å². The van der Waals surface area contributed by atoms with E-state index < -0.39 is 22.8 Å². The first-order valence-corrected chi connectivity index (χ1v) is 7.52. The third-order valence-electron chi connectivity index (χ3n) is 2.74. The molecule has 0 saturated heterocycles. The molecule has 0 heterocycles. The van der Waals surface area contributed by atoms with Gasteiger partial charge in [-0.25, -0.2) is 13.1 Å². The zero-order valence-electron chi connectivity index (χ0n) is 11.6. The summed E-state index contributed by atoms with van der Waals surface area (Å²) in [5.41, 5.74) is 7.15. The average molecular weight is 326 g/mol. The number of sulfonamides is 1. The predicted molar refractivity (Wildman–Crippen MR) is 72.4 cm³/mol. The lowest BCUT2D eigenvalue weighted by Gasteiger charge is -2.12. The molecule has 0 unspecified atom stereocenters. The lowest BCUT2D eigenvalue weighted by Crippen LogP contribution is -2.29. The Hall–Kier alpha value is -1.32. The summed E-state index contributed by atoms with van der Waals surface area (Å²) in [6, 6.07) is 2.95. The fraction of sp³-hybridized carbons (Fsp3) is 0.500. The number of aryl methyl sites for hydroxylation is 1. The van der Waals surface area contributed by atoms with Crippen LogP contribution in [0.2, 0.25) is 0 Å². The molecule has 0 aliphatic carbocycles. The van der Waals surface area contributed by atoms with Crippen LogP contribution >= 0.6 is 0 Å². The second-order valence-corrected chi connectivity index (χ2v) is 6.26. The SMILES string of the molecule is Cc1cc(N)cc(S(=O)(=O)NCCOCC(F)(F)F)c1C. The van der Waals surface area contributed by atoms with Crippen molar-refractivity contribution in [3.05, 3.63) is 23.3 Å². The van der Waals surface area contributed by atoms with Gasteiger partial charge in [0.1, 0.15) is 6.61 Å². The summed E-state index contributed by atoms with van der Waals surface area (Å²) in [4.78, 5) is 0.0100. The first-order valence-electron chi connectivity index (χ1n) is 6.04. The molecule has 9 heteroatoms. The van der Waals surface area contributed by atoms with Crippen LogP contribution in [-0.4, -0.2) is 34.4 Å². The Bertz CT molecular complexity index is 601. The molecule has 0 aromatic heterocycles. The summed E-state index contributed by atoms with van der Waals surface area (Å²) in [7, 11) is -3.84. The van der Waals surface area contributed by atoms with E-state index in [0.717, 1.165) is 0 Å². The number of nitrogens with one attached hydrogen (secondary N) is 1. The van der Waals surface area contributed by atoms with Gasteiger partial charge in [0.15, 0.2) is 0 Å². The molecular weight excluding hydrogens is 309 g/mol. The largest absolute Gasteiger partial charge is 0.411 e. The van der Waals surface area contributed by atoms with Crippen LogP contribution in [0.15, 0.2) is 17.0 Å². The van der Waals surface area contributed by atoms with E-state index in [9.17, 15) is 21.6 Å². The van der Waals surface area contributed by atoms with E-state index in [-0.39, 0.29) is 18.0 Å². The van der Waals surface area contributed by atoms with Gasteiger partial charge in [-0.1, -0.05) is 0 Å². The Morgan fingerprint density at radius 2 is 1.90 bits per heavy atom. The third-order valence-corrected chi connectivity index (χ3v) is 4.32. The lowest BCUT2D eigenvalue weighted by molar-refractivity contribution is -0.173. The first-order chi connectivity index (χ1) is 9.53. The quantitative estimate of drug-likeness (QED) is 0.616. The standard InChI is InChI=1S/C12H17F3N2O3S/c1-8-5-10(16)6-11(9(8)2)21(18,19)17-3-4-20-7-12(13,14)15/h5-6,17H,3-4,7,16H2,1-2H3. The number of halogens is 3. The van der Waals surface area contributed by atoms with Crippen LogP contribution in [0.3, 0.4) is 0 Å². The number of ether oxygens (including phenoxy) is 1. The molecule has 0 spiro atoms. The van der Waals surface area contributed by atoms with Crippen LogP contribution in [0.25, 0.3) is 0 Å². The van der Waals surface area contributed by atoms with Gasteiger partial charge < -0.3 is 10.5 Å². The minimum atomic E-state index is -4.43. The van der Waals surface area contributed by atoms with Gasteiger partial charge in [0.25, 0.3) is 0 Å². The zero-order chi connectivity index (χ0) is 16.3. The highest BCUT2D eigenvalue weighted by molar-refractivity contribution is 7.89. The van der Waals surface area contributed by atoms with Crippen molar-refractivity contribution in [2.75, 3.05) is 25.5 Å². The third kappa shape index (κ3) is 5.52.